The normalized spacial score (nSPS) is 12.0. The van der Waals surface area contributed by atoms with Crippen LogP contribution in [0.1, 0.15) is 59.7 Å². The Balaban J connectivity index is 1.03. The Hall–Kier alpha value is -5.56. The molecule has 1 aromatic heterocycles. The largest absolute Gasteiger partial charge is 0.507 e. The van der Waals surface area contributed by atoms with E-state index < -0.39 is 23.3 Å². The van der Waals surface area contributed by atoms with Crippen LogP contribution in [-0.4, -0.2) is 34.4 Å². The van der Waals surface area contributed by atoms with Crippen LogP contribution in [-0.2, 0) is 17.7 Å². The molecule has 212 valence electrons. The molecule has 4 aromatic carbocycles. The smallest absolute Gasteiger partial charge is 0.338 e. The van der Waals surface area contributed by atoms with Gasteiger partial charge in [-0.2, -0.15) is 0 Å². The van der Waals surface area contributed by atoms with Gasteiger partial charge in [-0.1, -0.05) is 66.7 Å². The topological polar surface area (TPSA) is 105 Å². The number of pyridine rings is 1. The zero-order chi connectivity index (χ0) is 29.9. The van der Waals surface area contributed by atoms with Gasteiger partial charge in [0.2, 0.25) is 5.78 Å². The second-order valence-corrected chi connectivity index (χ2v) is 10.5. The lowest BCUT2D eigenvalue weighted by molar-refractivity contribution is -0.688. The van der Waals surface area contributed by atoms with E-state index in [2.05, 4.69) is 41.0 Å². The summed E-state index contributed by atoms with van der Waals surface area (Å²) in [6, 6.07) is 29.5. The zero-order valence-electron chi connectivity index (χ0n) is 23.2. The molecule has 7 nitrogen and oxygen atoms in total. The van der Waals surface area contributed by atoms with E-state index in [1.54, 1.807) is 0 Å². The first-order valence-corrected chi connectivity index (χ1v) is 14.0. The van der Waals surface area contributed by atoms with E-state index in [1.165, 1.54) is 41.0 Å². The van der Waals surface area contributed by atoms with E-state index in [9.17, 15) is 24.6 Å². The number of hydrogen-bond donors (Lipinski definition) is 2. The molecule has 0 saturated carbocycles. The molecular weight excluding hydrogens is 542 g/mol. The van der Waals surface area contributed by atoms with Crippen molar-refractivity contribution in [2.45, 2.75) is 19.4 Å². The number of carbonyl (C=O) groups excluding carboxylic acids is 3. The van der Waals surface area contributed by atoms with Crippen LogP contribution in [0.4, 0.5) is 0 Å². The van der Waals surface area contributed by atoms with E-state index in [4.69, 9.17) is 4.74 Å². The van der Waals surface area contributed by atoms with Crippen LogP contribution in [0.5, 0.6) is 11.5 Å². The first-order chi connectivity index (χ1) is 20.9. The van der Waals surface area contributed by atoms with Gasteiger partial charge >= 0.3 is 5.97 Å². The Kier molecular flexibility index (Phi) is 7.54. The summed E-state index contributed by atoms with van der Waals surface area (Å²) in [6.45, 7) is 0.893. The number of hydrogen-bond acceptors (Lipinski definition) is 6. The van der Waals surface area contributed by atoms with Crippen molar-refractivity contribution in [2.75, 3.05) is 6.61 Å². The average Bonchev–Trinajstić information content (AvgIpc) is 3.03. The summed E-state index contributed by atoms with van der Waals surface area (Å²) in [5.41, 5.74) is 4.18. The quantitative estimate of drug-likeness (QED) is 0.139. The van der Waals surface area contributed by atoms with Gasteiger partial charge < -0.3 is 14.9 Å². The molecule has 1 aliphatic carbocycles. The van der Waals surface area contributed by atoms with Crippen molar-refractivity contribution in [3.05, 3.63) is 148 Å². The predicted octanol–water partition coefficient (Wildman–Crippen LogP) is 5.67. The van der Waals surface area contributed by atoms with Crippen LogP contribution in [0, 0.1) is 0 Å². The van der Waals surface area contributed by atoms with Gasteiger partial charge in [0, 0.05) is 28.8 Å². The van der Waals surface area contributed by atoms with Crippen LogP contribution in [0.3, 0.4) is 0 Å². The number of nitrogens with zero attached hydrogens (tertiary/aromatic N) is 1. The lowest BCUT2D eigenvalue weighted by Crippen LogP contribution is -2.33. The SMILES string of the molecule is O=C(OCCCc1cc[n+](Cc2ccc(-c3ccccc3)cc2)cc1)c1cc(O)c2c(c1)C(=O)c1cccc(O)c1C2=O. The molecule has 7 heteroatoms. The fourth-order valence-corrected chi connectivity index (χ4v) is 5.33. The van der Waals surface area contributed by atoms with Crippen LogP contribution in [0.2, 0.25) is 0 Å². The van der Waals surface area contributed by atoms with Crippen LogP contribution in [0.25, 0.3) is 11.1 Å². The molecule has 6 rings (SSSR count). The molecule has 1 aliphatic rings. The number of aromatic nitrogens is 1. The highest BCUT2D eigenvalue weighted by molar-refractivity contribution is 6.30. The first kappa shape index (κ1) is 27.6. The minimum Gasteiger partial charge on any atom is -0.507 e. The van der Waals surface area contributed by atoms with Gasteiger partial charge in [-0.25, -0.2) is 9.36 Å². The Bertz CT molecular complexity index is 1840. The van der Waals surface area contributed by atoms with Crippen molar-refractivity contribution in [1.29, 1.82) is 0 Å². The lowest BCUT2D eigenvalue weighted by atomic mass is 9.82. The molecule has 0 radical (unpaired) electrons. The molecule has 0 spiro atoms. The van der Waals surface area contributed by atoms with Crippen LogP contribution < -0.4 is 4.57 Å². The highest BCUT2D eigenvalue weighted by Crippen LogP contribution is 2.37. The number of phenolic OH excluding ortho intramolecular Hbond substituents is 2. The van der Waals surface area contributed by atoms with E-state index in [-0.39, 0.29) is 40.2 Å². The molecule has 0 atom stereocenters. The van der Waals surface area contributed by atoms with Crippen molar-refractivity contribution in [2.24, 2.45) is 0 Å². The third-order valence-electron chi connectivity index (χ3n) is 7.57. The van der Waals surface area contributed by atoms with E-state index in [0.29, 0.717) is 12.8 Å². The second-order valence-electron chi connectivity index (χ2n) is 10.5. The van der Waals surface area contributed by atoms with E-state index in [1.807, 2.05) is 42.7 Å². The summed E-state index contributed by atoms with van der Waals surface area (Å²) >= 11 is 0. The molecule has 0 bridgehead atoms. The Morgan fingerprint density at radius 1 is 0.674 bits per heavy atom. The van der Waals surface area contributed by atoms with Crippen molar-refractivity contribution in [1.82, 2.24) is 0 Å². The Morgan fingerprint density at radius 2 is 1.37 bits per heavy atom. The van der Waals surface area contributed by atoms with Gasteiger partial charge in [0.05, 0.1) is 23.3 Å². The van der Waals surface area contributed by atoms with Crippen molar-refractivity contribution in [3.8, 4) is 22.6 Å². The fraction of sp³-hybridized carbons (Fsp3) is 0.111. The maximum Gasteiger partial charge on any atom is 0.338 e. The minimum absolute atomic E-state index is 0.0209. The number of benzene rings is 4. The Morgan fingerprint density at radius 3 is 2.12 bits per heavy atom. The van der Waals surface area contributed by atoms with Crippen molar-refractivity contribution < 1.29 is 33.9 Å². The Labute approximate surface area is 248 Å². The third-order valence-corrected chi connectivity index (χ3v) is 7.57. The number of carbonyl (C=O) groups is 3. The number of fused-ring (bicyclic) bond motifs is 2. The maximum absolute atomic E-state index is 13.0. The molecule has 1 heterocycles. The summed E-state index contributed by atoms with van der Waals surface area (Å²) < 4.78 is 7.51. The number of aryl methyl sites for hydroxylation is 1. The molecule has 0 aliphatic heterocycles. The number of esters is 1. The molecule has 0 amide bonds. The molecule has 0 saturated heterocycles. The first-order valence-electron chi connectivity index (χ1n) is 14.0. The average molecular weight is 571 g/mol. The summed E-state index contributed by atoms with van der Waals surface area (Å²) in [5, 5.41) is 20.6. The predicted molar refractivity (Wildman–Crippen MR) is 159 cm³/mol. The highest BCUT2D eigenvalue weighted by atomic mass is 16.5. The fourth-order valence-electron chi connectivity index (χ4n) is 5.33. The van der Waals surface area contributed by atoms with Gasteiger partial charge in [0.25, 0.3) is 0 Å². The minimum atomic E-state index is -0.704. The molecule has 0 unspecified atom stereocenters. The lowest BCUT2D eigenvalue weighted by Gasteiger charge is -2.19. The highest BCUT2D eigenvalue weighted by Gasteiger charge is 2.35. The number of phenols is 2. The van der Waals surface area contributed by atoms with Crippen molar-refractivity contribution >= 4 is 17.5 Å². The molecule has 43 heavy (non-hydrogen) atoms. The second kappa shape index (κ2) is 11.7. The van der Waals surface area contributed by atoms with Crippen molar-refractivity contribution in [3.63, 3.8) is 0 Å². The van der Waals surface area contributed by atoms with Crippen LogP contribution >= 0.6 is 0 Å². The summed E-state index contributed by atoms with van der Waals surface area (Å²) in [6.07, 6.45) is 5.33. The van der Waals surface area contributed by atoms with E-state index >= 15 is 0 Å². The summed E-state index contributed by atoms with van der Waals surface area (Å²) in [4.78, 5) is 38.6. The van der Waals surface area contributed by atoms with Gasteiger partial charge in [0.15, 0.2) is 24.7 Å². The number of rotatable bonds is 8. The van der Waals surface area contributed by atoms with Crippen LogP contribution in [0.15, 0.2) is 109 Å². The number of aromatic hydroxyl groups is 2. The number of ether oxygens (including phenoxy) is 1. The van der Waals surface area contributed by atoms with Gasteiger partial charge in [-0.15, -0.1) is 0 Å². The summed E-state index contributed by atoms with van der Waals surface area (Å²) in [7, 11) is 0. The van der Waals surface area contributed by atoms with E-state index in [0.717, 1.165) is 18.2 Å². The molecule has 0 fully saturated rings. The molecular formula is C36H28NO6+. The zero-order valence-corrected chi connectivity index (χ0v) is 23.2. The van der Waals surface area contributed by atoms with Gasteiger partial charge in [-0.05, 0) is 47.7 Å². The standard InChI is InChI=1S/C36H27NO6/c38-30-10-4-9-28-32(30)35(41)33-29(34(28)40)20-27(21-31(33)39)36(42)43-19-5-6-23-15-17-37(18-16-23)22-24-11-13-26(14-12-24)25-7-2-1-3-8-25/h1-4,7-18,20-21H,5-6,19,22H2,(H-,38,39,41)/p+1. The maximum atomic E-state index is 13.0. The number of ketones is 2. The monoisotopic (exact) mass is 570 g/mol. The van der Waals surface area contributed by atoms with Gasteiger partial charge in [0.1, 0.15) is 11.5 Å². The van der Waals surface area contributed by atoms with Gasteiger partial charge in [-0.3, -0.25) is 9.59 Å². The third kappa shape index (κ3) is 5.65. The summed E-state index contributed by atoms with van der Waals surface area (Å²) in [5.74, 6) is -2.79. The molecule has 2 N–H and O–H groups in total. The molecule has 5 aromatic rings.